The van der Waals surface area contributed by atoms with E-state index >= 15 is 0 Å². The highest BCUT2D eigenvalue weighted by Crippen LogP contribution is 2.29. The van der Waals surface area contributed by atoms with Crippen molar-refractivity contribution in [3.05, 3.63) is 45.1 Å². The van der Waals surface area contributed by atoms with Gasteiger partial charge in [-0.15, -0.1) is 11.3 Å². The molecule has 9 heteroatoms. The van der Waals surface area contributed by atoms with E-state index < -0.39 is 28.5 Å². The molecular weight excluding hydrogens is 400 g/mol. The molecule has 28 heavy (non-hydrogen) atoms. The minimum Gasteiger partial charge on any atom is -0.451 e. The third kappa shape index (κ3) is 4.98. The molecule has 3 N–H and O–H groups in total. The Bertz CT molecular complexity index is 988. The van der Waals surface area contributed by atoms with Gasteiger partial charge in [0.1, 0.15) is 4.88 Å². The Morgan fingerprint density at radius 2 is 1.93 bits per heavy atom. The van der Waals surface area contributed by atoms with Crippen molar-refractivity contribution in [3.8, 4) is 0 Å². The molecule has 1 aromatic carbocycles. The molecule has 3 rings (SSSR count). The fourth-order valence-electron chi connectivity index (χ4n) is 3.15. The molecule has 0 saturated carbocycles. The predicted molar refractivity (Wildman–Crippen MR) is 107 cm³/mol. The van der Waals surface area contributed by atoms with Crippen molar-refractivity contribution in [2.45, 2.75) is 43.9 Å². The molecule has 150 valence electrons. The number of esters is 1. The summed E-state index contributed by atoms with van der Waals surface area (Å²) >= 11 is 1.43. The van der Waals surface area contributed by atoms with E-state index in [4.69, 9.17) is 9.88 Å². The molecule has 1 aliphatic rings. The number of anilines is 1. The smallest absolute Gasteiger partial charge is 0.348 e. The average molecular weight is 423 g/mol. The molecule has 0 unspecified atom stereocenters. The number of primary sulfonamides is 1. The van der Waals surface area contributed by atoms with Crippen LogP contribution in [-0.4, -0.2) is 26.9 Å². The van der Waals surface area contributed by atoms with E-state index in [0.29, 0.717) is 10.4 Å². The number of rotatable bonds is 5. The number of hydrogen-bond donors (Lipinski definition) is 2. The van der Waals surface area contributed by atoms with E-state index in [1.165, 1.54) is 34.3 Å². The topological polar surface area (TPSA) is 116 Å². The Labute approximate surface area is 167 Å². The van der Waals surface area contributed by atoms with Crippen LogP contribution in [0, 0.1) is 6.92 Å². The predicted octanol–water partition coefficient (Wildman–Crippen LogP) is 2.77. The van der Waals surface area contributed by atoms with Gasteiger partial charge in [-0.05, 0) is 61.9 Å². The Balaban J connectivity index is 1.59. The van der Waals surface area contributed by atoms with E-state index in [2.05, 4.69) is 5.32 Å². The van der Waals surface area contributed by atoms with Crippen LogP contribution in [0.3, 0.4) is 0 Å². The lowest BCUT2D eigenvalue weighted by molar-refractivity contribution is -0.119. The van der Waals surface area contributed by atoms with Crippen LogP contribution in [0.1, 0.15) is 44.9 Å². The lowest BCUT2D eigenvalue weighted by Crippen LogP contribution is -2.21. The first-order valence-electron chi connectivity index (χ1n) is 8.96. The minimum atomic E-state index is -3.89. The first-order chi connectivity index (χ1) is 13.2. The van der Waals surface area contributed by atoms with E-state index in [9.17, 15) is 18.0 Å². The van der Waals surface area contributed by atoms with Crippen LogP contribution in [0.4, 0.5) is 5.69 Å². The standard InChI is InChI=1S/C19H22N2O5S2/c1-12-7-8-14(10-17(12)28(20,24)25)21-18(22)11-26-19(23)16-9-13-5-3-2-4-6-15(13)27-16/h7-10H,2-6,11H2,1H3,(H,21,22)(H2,20,24,25). The van der Waals surface area contributed by atoms with Gasteiger partial charge in [0, 0.05) is 10.6 Å². The summed E-state index contributed by atoms with van der Waals surface area (Å²) in [5.74, 6) is -1.09. The van der Waals surface area contributed by atoms with Crippen LogP contribution >= 0.6 is 11.3 Å². The summed E-state index contributed by atoms with van der Waals surface area (Å²) < 4.78 is 28.2. The van der Waals surface area contributed by atoms with Gasteiger partial charge in [-0.2, -0.15) is 0 Å². The quantitative estimate of drug-likeness (QED) is 0.568. The lowest BCUT2D eigenvalue weighted by Gasteiger charge is -2.09. The van der Waals surface area contributed by atoms with Gasteiger partial charge in [0.05, 0.1) is 4.90 Å². The van der Waals surface area contributed by atoms with Crippen molar-refractivity contribution in [3.63, 3.8) is 0 Å². The number of ether oxygens (including phenoxy) is 1. The second-order valence-electron chi connectivity index (χ2n) is 6.77. The first kappa shape index (κ1) is 20.5. The molecule has 1 amide bonds. The zero-order chi connectivity index (χ0) is 20.3. The molecule has 0 saturated heterocycles. The van der Waals surface area contributed by atoms with Gasteiger partial charge < -0.3 is 10.1 Å². The van der Waals surface area contributed by atoms with Crippen LogP contribution in [0.5, 0.6) is 0 Å². The number of benzene rings is 1. The molecule has 7 nitrogen and oxygen atoms in total. The molecule has 0 spiro atoms. The number of amides is 1. The van der Waals surface area contributed by atoms with Crippen LogP contribution < -0.4 is 10.5 Å². The number of aryl methyl sites for hydroxylation is 3. The molecule has 0 fully saturated rings. The maximum absolute atomic E-state index is 12.2. The Hall–Kier alpha value is -2.23. The van der Waals surface area contributed by atoms with Crippen LogP contribution in [0.25, 0.3) is 0 Å². The Morgan fingerprint density at radius 3 is 2.68 bits per heavy atom. The average Bonchev–Trinajstić information content (AvgIpc) is 2.91. The first-order valence-corrected chi connectivity index (χ1v) is 11.3. The molecule has 1 aliphatic carbocycles. The fraction of sp³-hybridized carbons (Fsp3) is 0.368. The minimum absolute atomic E-state index is 0.0672. The maximum atomic E-state index is 12.2. The van der Waals surface area contributed by atoms with Crippen molar-refractivity contribution < 1.29 is 22.7 Å². The molecule has 0 radical (unpaired) electrons. The SMILES string of the molecule is Cc1ccc(NC(=O)COC(=O)c2cc3c(s2)CCCCC3)cc1S(N)(=O)=O. The van der Waals surface area contributed by atoms with Gasteiger partial charge in [0.25, 0.3) is 5.91 Å². The third-order valence-electron chi connectivity index (χ3n) is 4.56. The van der Waals surface area contributed by atoms with Crippen molar-refractivity contribution >= 4 is 38.9 Å². The molecule has 1 heterocycles. The van der Waals surface area contributed by atoms with Gasteiger partial charge in [-0.3, -0.25) is 4.79 Å². The van der Waals surface area contributed by atoms with Gasteiger partial charge in [0.2, 0.25) is 10.0 Å². The summed E-state index contributed by atoms with van der Waals surface area (Å²) in [4.78, 5) is 26.0. The van der Waals surface area contributed by atoms with Crippen LogP contribution in [0.15, 0.2) is 29.2 Å². The van der Waals surface area contributed by atoms with Crippen molar-refractivity contribution in [1.82, 2.24) is 0 Å². The van der Waals surface area contributed by atoms with Crippen molar-refractivity contribution in [1.29, 1.82) is 0 Å². The van der Waals surface area contributed by atoms with Crippen LogP contribution in [-0.2, 0) is 32.4 Å². The van der Waals surface area contributed by atoms with Gasteiger partial charge in [0.15, 0.2) is 6.61 Å². The van der Waals surface area contributed by atoms with Gasteiger partial charge in [-0.1, -0.05) is 12.5 Å². The normalized spacial score (nSPS) is 14.1. The number of nitrogens with two attached hydrogens (primary N) is 1. The Kier molecular flexibility index (Phi) is 6.17. The summed E-state index contributed by atoms with van der Waals surface area (Å²) in [5.41, 5.74) is 1.94. The van der Waals surface area contributed by atoms with E-state index in [1.54, 1.807) is 19.1 Å². The highest BCUT2D eigenvalue weighted by molar-refractivity contribution is 7.89. The number of thiophene rings is 1. The molecular formula is C19H22N2O5S2. The fourth-order valence-corrected chi connectivity index (χ4v) is 5.11. The number of carbonyl (C=O) groups excluding carboxylic acids is 2. The molecule has 0 atom stereocenters. The number of hydrogen-bond acceptors (Lipinski definition) is 6. The monoisotopic (exact) mass is 422 g/mol. The van der Waals surface area contributed by atoms with Crippen molar-refractivity contribution in [2.75, 3.05) is 11.9 Å². The second-order valence-corrected chi connectivity index (χ2v) is 9.44. The maximum Gasteiger partial charge on any atom is 0.348 e. The molecule has 2 aromatic rings. The van der Waals surface area contributed by atoms with Gasteiger partial charge in [-0.25, -0.2) is 18.4 Å². The van der Waals surface area contributed by atoms with Crippen LogP contribution in [0.2, 0.25) is 0 Å². The summed E-state index contributed by atoms with van der Waals surface area (Å²) in [6.07, 6.45) is 5.40. The van der Waals surface area contributed by atoms with E-state index in [0.717, 1.165) is 25.7 Å². The Morgan fingerprint density at radius 1 is 1.18 bits per heavy atom. The summed E-state index contributed by atoms with van der Waals surface area (Å²) in [6.45, 7) is 1.15. The van der Waals surface area contributed by atoms with E-state index in [-0.39, 0.29) is 10.6 Å². The summed E-state index contributed by atoms with van der Waals surface area (Å²) in [5, 5.41) is 7.68. The molecule has 1 aromatic heterocycles. The highest BCUT2D eigenvalue weighted by Gasteiger charge is 2.19. The number of nitrogens with one attached hydrogen (secondary N) is 1. The number of fused-ring (bicyclic) bond motifs is 1. The second kappa shape index (κ2) is 8.42. The zero-order valence-electron chi connectivity index (χ0n) is 15.5. The lowest BCUT2D eigenvalue weighted by atomic mass is 10.1. The number of sulfonamides is 1. The van der Waals surface area contributed by atoms with E-state index in [1.807, 2.05) is 6.07 Å². The molecule has 0 aliphatic heterocycles. The highest BCUT2D eigenvalue weighted by atomic mass is 32.2. The summed E-state index contributed by atoms with van der Waals surface area (Å²) in [6, 6.07) is 6.24. The third-order valence-corrected chi connectivity index (χ3v) is 6.83. The zero-order valence-corrected chi connectivity index (χ0v) is 17.1. The summed E-state index contributed by atoms with van der Waals surface area (Å²) in [7, 11) is -3.89. The largest absolute Gasteiger partial charge is 0.451 e. The van der Waals surface area contributed by atoms with Gasteiger partial charge >= 0.3 is 5.97 Å². The van der Waals surface area contributed by atoms with Crippen molar-refractivity contribution in [2.24, 2.45) is 5.14 Å². The molecule has 0 bridgehead atoms. The number of carbonyl (C=O) groups is 2.